The molecule has 162 valence electrons. The topological polar surface area (TPSA) is 96.4 Å². The van der Waals surface area contributed by atoms with Crippen molar-refractivity contribution in [2.24, 2.45) is 0 Å². The normalized spacial score (nSPS) is 17.5. The fraction of sp³-hybridized carbons (Fsp3) is 0.318. The number of hydrogen-bond donors (Lipinski definition) is 1. The molecule has 1 aliphatic heterocycles. The number of rotatable bonds is 6. The van der Waals surface area contributed by atoms with E-state index in [1.807, 2.05) is 48.7 Å². The molecule has 31 heavy (non-hydrogen) atoms. The lowest BCUT2D eigenvalue weighted by atomic mass is 10.1. The van der Waals surface area contributed by atoms with Gasteiger partial charge < -0.3 is 10.2 Å². The lowest BCUT2D eigenvalue weighted by molar-refractivity contribution is -0.122. The van der Waals surface area contributed by atoms with Gasteiger partial charge in [0.1, 0.15) is 0 Å². The molecular formula is C22H23N3O4S2. The highest BCUT2D eigenvalue weighted by Gasteiger charge is 2.30. The zero-order valence-electron chi connectivity index (χ0n) is 17.1. The van der Waals surface area contributed by atoms with Gasteiger partial charge in [-0.2, -0.15) is 0 Å². The van der Waals surface area contributed by atoms with E-state index in [4.69, 9.17) is 4.98 Å². The van der Waals surface area contributed by atoms with Crippen molar-refractivity contribution >= 4 is 43.9 Å². The molecule has 3 aromatic rings. The number of fused-ring (bicyclic) bond motifs is 1. The van der Waals surface area contributed by atoms with Crippen LogP contribution in [0.25, 0.3) is 21.5 Å². The Morgan fingerprint density at radius 2 is 2.03 bits per heavy atom. The number of thiophene rings is 1. The number of nitrogens with one attached hydrogen (secondary N) is 1. The SMILES string of the molecule is CCN(CC(=O)N[C@@H]1CCS(=O)(=O)C1)C(=O)c1cc(-c2cccs2)nc2ccccc12. The number of carbonyl (C=O) groups is 2. The molecule has 1 saturated heterocycles. The van der Waals surface area contributed by atoms with E-state index >= 15 is 0 Å². The van der Waals surface area contributed by atoms with Crippen LogP contribution in [0.15, 0.2) is 47.8 Å². The van der Waals surface area contributed by atoms with Crippen LogP contribution in [0.4, 0.5) is 0 Å². The second kappa shape index (κ2) is 8.76. The first-order chi connectivity index (χ1) is 14.9. The molecule has 1 aliphatic rings. The number of aromatic nitrogens is 1. The Hall–Kier alpha value is -2.78. The van der Waals surface area contributed by atoms with Crippen molar-refractivity contribution in [2.75, 3.05) is 24.6 Å². The van der Waals surface area contributed by atoms with Crippen molar-refractivity contribution in [3.8, 4) is 10.6 Å². The highest BCUT2D eigenvalue weighted by Crippen LogP contribution is 2.28. The molecule has 0 unspecified atom stereocenters. The van der Waals surface area contributed by atoms with Crippen molar-refractivity contribution in [2.45, 2.75) is 19.4 Å². The van der Waals surface area contributed by atoms with Gasteiger partial charge in [0, 0.05) is 18.0 Å². The van der Waals surface area contributed by atoms with E-state index in [1.54, 1.807) is 17.4 Å². The molecule has 4 rings (SSSR count). The van der Waals surface area contributed by atoms with Gasteiger partial charge in [-0.05, 0) is 36.9 Å². The van der Waals surface area contributed by atoms with E-state index in [0.29, 0.717) is 29.7 Å². The molecule has 7 nitrogen and oxygen atoms in total. The Kier molecular flexibility index (Phi) is 6.06. The highest BCUT2D eigenvalue weighted by atomic mass is 32.2. The van der Waals surface area contributed by atoms with Gasteiger partial charge in [-0.15, -0.1) is 11.3 Å². The minimum absolute atomic E-state index is 0.0437. The third-order valence-corrected chi connectivity index (χ3v) is 7.98. The van der Waals surface area contributed by atoms with Gasteiger partial charge in [0.25, 0.3) is 5.91 Å². The zero-order chi connectivity index (χ0) is 22.0. The summed E-state index contributed by atoms with van der Waals surface area (Å²) in [5.41, 5.74) is 1.93. The maximum atomic E-state index is 13.4. The molecule has 3 heterocycles. The van der Waals surface area contributed by atoms with Crippen LogP contribution < -0.4 is 5.32 Å². The summed E-state index contributed by atoms with van der Waals surface area (Å²) >= 11 is 1.55. The van der Waals surface area contributed by atoms with Gasteiger partial charge in [0.15, 0.2) is 9.84 Å². The van der Waals surface area contributed by atoms with Crippen LogP contribution in [0.3, 0.4) is 0 Å². The van der Waals surface area contributed by atoms with Crippen LogP contribution in [0.5, 0.6) is 0 Å². The lowest BCUT2D eigenvalue weighted by Gasteiger charge is -2.22. The number of sulfone groups is 1. The van der Waals surface area contributed by atoms with Crippen LogP contribution in [0.1, 0.15) is 23.7 Å². The molecule has 0 saturated carbocycles. The molecule has 2 amide bonds. The van der Waals surface area contributed by atoms with Gasteiger partial charge >= 0.3 is 0 Å². The van der Waals surface area contributed by atoms with Crippen molar-refractivity contribution in [3.63, 3.8) is 0 Å². The minimum Gasteiger partial charge on any atom is -0.351 e. The third-order valence-electron chi connectivity index (χ3n) is 5.32. The van der Waals surface area contributed by atoms with Gasteiger partial charge in [-0.25, -0.2) is 13.4 Å². The first-order valence-corrected chi connectivity index (χ1v) is 12.8. The van der Waals surface area contributed by atoms with Crippen molar-refractivity contribution in [1.29, 1.82) is 0 Å². The van der Waals surface area contributed by atoms with Crippen LogP contribution in [0.2, 0.25) is 0 Å². The first kappa shape index (κ1) is 21.5. The molecular weight excluding hydrogens is 434 g/mol. The molecule has 1 fully saturated rings. The lowest BCUT2D eigenvalue weighted by Crippen LogP contribution is -2.44. The van der Waals surface area contributed by atoms with E-state index in [9.17, 15) is 18.0 Å². The van der Waals surface area contributed by atoms with Gasteiger partial charge in [-0.1, -0.05) is 24.3 Å². The van der Waals surface area contributed by atoms with Crippen LogP contribution in [0, 0.1) is 0 Å². The van der Waals surface area contributed by atoms with Crippen molar-refractivity contribution in [1.82, 2.24) is 15.2 Å². The predicted molar refractivity (Wildman–Crippen MR) is 122 cm³/mol. The van der Waals surface area contributed by atoms with Crippen LogP contribution in [-0.4, -0.2) is 60.8 Å². The summed E-state index contributed by atoms with van der Waals surface area (Å²) in [4.78, 5) is 33.1. The fourth-order valence-electron chi connectivity index (χ4n) is 3.76. The Labute approximate surface area is 185 Å². The van der Waals surface area contributed by atoms with E-state index in [-0.39, 0.29) is 29.9 Å². The largest absolute Gasteiger partial charge is 0.351 e. The predicted octanol–water partition coefficient (Wildman–Crippen LogP) is 2.73. The molecule has 0 spiro atoms. The van der Waals surface area contributed by atoms with E-state index in [2.05, 4.69) is 5.32 Å². The Bertz CT molecular complexity index is 1220. The molecule has 1 N–H and O–H groups in total. The second-order valence-electron chi connectivity index (χ2n) is 7.54. The second-order valence-corrected chi connectivity index (χ2v) is 10.7. The smallest absolute Gasteiger partial charge is 0.255 e. The van der Waals surface area contributed by atoms with Crippen molar-refractivity contribution < 1.29 is 18.0 Å². The first-order valence-electron chi connectivity index (χ1n) is 10.1. The Morgan fingerprint density at radius 1 is 1.23 bits per heavy atom. The average molecular weight is 458 g/mol. The summed E-state index contributed by atoms with van der Waals surface area (Å²) in [6, 6.07) is 12.7. The number of benzene rings is 1. The quantitative estimate of drug-likeness (QED) is 0.614. The molecule has 1 atom stereocenters. The summed E-state index contributed by atoms with van der Waals surface area (Å²) in [6.45, 7) is 2.03. The monoisotopic (exact) mass is 457 g/mol. The number of pyridine rings is 1. The standard InChI is InChI=1S/C22H23N3O4S2/c1-2-25(13-21(26)23-15-9-11-31(28,29)14-15)22(27)17-12-19(20-8-5-10-30-20)24-18-7-4-3-6-16(17)18/h3-8,10,12,15H,2,9,11,13-14H2,1H3,(H,23,26)/t15-/m1/s1. The minimum atomic E-state index is -3.09. The number of carbonyl (C=O) groups excluding carboxylic acids is 2. The third kappa shape index (κ3) is 4.77. The van der Waals surface area contributed by atoms with Gasteiger partial charge in [0.2, 0.25) is 5.91 Å². The van der Waals surface area contributed by atoms with Crippen LogP contribution >= 0.6 is 11.3 Å². The fourth-order valence-corrected chi connectivity index (χ4v) is 6.12. The van der Waals surface area contributed by atoms with Gasteiger partial charge in [0.05, 0.1) is 39.7 Å². The number of hydrogen-bond acceptors (Lipinski definition) is 6. The number of nitrogens with zero attached hydrogens (tertiary/aromatic N) is 2. The Morgan fingerprint density at radius 3 is 2.71 bits per heavy atom. The summed E-state index contributed by atoms with van der Waals surface area (Å²) in [7, 11) is -3.09. The molecule has 9 heteroatoms. The Balaban J connectivity index is 1.59. The number of para-hydroxylation sites is 1. The number of likely N-dealkylation sites (N-methyl/N-ethyl adjacent to an activating group) is 1. The summed E-state index contributed by atoms with van der Waals surface area (Å²) < 4.78 is 23.3. The number of amides is 2. The highest BCUT2D eigenvalue weighted by molar-refractivity contribution is 7.91. The summed E-state index contributed by atoms with van der Waals surface area (Å²) in [5.74, 6) is -0.567. The van der Waals surface area contributed by atoms with Gasteiger partial charge in [-0.3, -0.25) is 9.59 Å². The molecule has 0 bridgehead atoms. The summed E-state index contributed by atoms with van der Waals surface area (Å²) in [5, 5.41) is 5.44. The maximum absolute atomic E-state index is 13.4. The zero-order valence-corrected chi connectivity index (χ0v) is 18.7. The molecule has 0 radical (unpaired) electrons. The molecule has 0 aliphatic carbocycles. The molecule has 1 aromatic carbocycles. The van der Waals surface area contributed by atoms with Crippen molar-refractivity contribution in [3.05, 3.63) is 53.4 Å². The summed E-state index contributed by atoms with van der Waals surface area (Å²) in [6.07, 6.45) is 0.410. The maximum Gasteiger partial charge on any atom is 0.255 e. The van der Waals surface area contributed by atoms with E-state index in [0.717, 1.165) is 10.3 Å². The van der Waals surface area contributed by atoms with Crippen LogP contribution in [-0.2, 0) is 14.6 Å². The molecule has 2 aromatic heterocycles. The average Bonchev–Trinajstić information content (AvgIpc) is 3.40. The van der Waals surface area contributed by atoms with E-state index < -0.39 is 15.9 Å². The van der Waals surface area contributed by atoms with E-state index in [1.165, 1.54) is 4.90 Å².